The standard InChI is InChI=1S/C10H13BrN4/c1-6-4-7(11)9(5-8(6)12)15-10-13-2-3-14-10/h4-5H,2-3,12H2,1H3,(H2,13,14,15). The Morgan fingerprint density at radius 3 is 3.00 bits per heavy atom. The van der Waals surface area contributed by atoms with Crippen molar-refractivity contribution in [3.63, 3.8) is 0 Å². The van der Waals surface area contributed by atoms with Gasteiger partial charge >= 0.3 is 0 Å². The molecule has 0 spiro atoms. The van der Waals surface area contributed by atoms with Gasteiger partial charge in [0.05, 0.1) is 12.2 Å². The highest BCUT2D eigenvalue weighted by molar-refractivity contribution is 9.10. The minimum absolute atomic E-state index is 0.777. The summed E-state index contributed by atoms with van der Waals surface area (Å²) in [6, 6.07) is 3.90. The van der Waals surface area contributed by atoms with Crippen LogP contribution in [0.5, 0.6) is 0 Å². The first-order valence-electron chi connectivity index (χ1n) is 4.78. The fraction of sp³-hybridized carbons (Fsp3) is 0.300. The zero-order chi connectivity index (χ0) is 10.8. The largest absolute Gasteiger partial charge is 0.398 e. The van der Waals surface area contributed by atoms with Crippen LogP contribution in [0.25, 0.3) is 0 Å². The van der Waals surface area contributed by atoms with Crippen molar-refractivity contribution in [1.82, 2.24) is 5.32 Å². The predicted molar refractivity (Wildman–Crippen MR) is 67.2 cm³/mol. The summed E-state index contributed by atoms with van der Waals surface area (Å²) < 4.78 is 0.991. The van der Waals surface area contributed by atoms with Gasteiger partial charge in [0.15, 0.2) is 5.96 Å². The van der Waals surface area contributed by atoms with Crippen molar-refractivity contribution in [2.75, 3.05) is 24.1 Å². The number of halogens is 1. The summed E-state index contributed by atoms with van der Waals surface area (Å²) in [4.78, 5) is 4.26. The lowest BCUT2D eigenvalue weighted by Crippen LogP contribution is -2.26. The van der Waals surface area contributed by atoms with E-state index < -0.39 is 0 Å². The van der Waals surface area contributed by atoms with E-state index >= 15 is 0 Å². The number of aryl methyl sites for hydroxylation is 1. The third-order valence-corrected chi connectivity index (χ3v) is 2.94. The first kappa shape index (κ1) is 10.3. The van der Waals surface area contributed by atoms with Crippen molar-refractivity contribution in [3.8, 4) is 0 Å². The molecule has 0 fully saturated rings. The molecule has 4 N–H and O–H groups in total. The molecular weight excluding hydrogens is 256 g/mol. The van der Waals surface area contributed by atoms with Crippen molar-refractivity contribution in [1.29, 1.82) is 0 Å². The zero-order valence-electron chi connectivity index (χ0n) is 8.47. The van der Waals surface area contributed by atoms with E-state index in [2.05, 4.69) is 31.6 Å². The van der Waals surface area contributed by atoms with Gasteiger partial charge in [-0.15, -0.1) is 0 Å². The Balaban J connectivity index is 2.24. The lowest BCUT2D eigenvalue weighted by molar-refractivity contribution is 0.959. The van der Waals surface area contributed by atoms with Gasteiger partial charge in [0.2, 0.25) is 0 Å². The zero-order valence-corrected chi connectivity index (χ0v) is 10.1. The second kappa shape index (κ2) is 4.10. The van der Waals surface area contributed by atoms with Gasteiger partial charge in [-0.25, -0.2) is 0 Å². The van der Waals surface area contributed by atoms with E-state index in [4.69, 9.17) is 5.73 Å². The summed E-state index contributed by atoms with van der Waals surface area (Å²) >= 11 is 3.49. The van der Waals surface area contributed by atoms with Gasteiger partial charge in [0.1, 0.15) is 0 Å². The molecule has 1 aliphatic heterocycles. The van der Waals surface area contributed by atoms with Gasteiger partial charge in [0.25, 0.3) is 0 Å². The molecule has 0 amide bonds. The Bertz CT molecular complexity index is 414. The first-order chi connectivity index (χ1) is 7.16. The van der Waals surface area contributed by atoms with Crippen LogP contribution in [0.1, 0.15) is 5.56 Å². The first-order valence-corrected chi connectivity index (χ1v) is 5.57. The Morgan fingerprint density at radius 1 is 1.53 bits per heavy atom. The number of nitrogens with one attached hydrogen (secondary N) is 2. The molecule has 0 aromatic heterocycles. The summed E-state index contributed by atoms with van der Waals surface area (Å²) in [6.07, 6.45) is 0. The SMILES string of the molecule is Cc1cc(Br)c(NC2=NCCN2)cc1N. The van der Waals surface area contributed by atoms with Gasteiger partial charge in [-0.2, -0.15) is 0 Å². The molecule has 0 aliphatic carbocycles. The number of anilines is 2. The second-order valence-electron chi connectivity index (χ2n) is 3.47. The fourth-order valence-corrected chi connectivity index (χ4v) is 1.95. The lowest BCUT2D eigenvalue weighted by atomic mass is 10.2. The summed E-state index contributed by atoms with van der Waals surface area (Å²) in [7, 11) is 0. The number of hydrogen-bond acceptors (Lipinski definition) is 4. The summed E-state index contributed by atoms with van der Waals surface area (Å²) in [5.41, 5.74) is 8.62. The quantitative estimate of drug-likeness (QED) is 0.680. The summed E-state index contributed by atoms with van der Waals surface area (Å²) in [5.74, 6) is 0.805. The van der Waals surface area contributed by atoms with Crippen LogP contribution in [0, 0.1) is 6.92 Å². The maximum absolute atomic E-state index is 5.84. The van der Waals surface area contributed by atoms with Crippen LogP contribution in [-0.2, 0) is 0 Å². The van der Waals surface area contributed by atoms with Crippen molar-refractivity contribution in [2.45, 2.75) is 6.92 Å². The van der Waals surface area contributed by atoms with Gasteiger partial charge in [-0.3, -0.25) is 4.99 Å². The maximum atomic E-state index is 5.84. The van der Waals surface area contributed by atoms with Crippen LogP contribution in [0.3, 0.4) is 0 Å². The topological polar surface area (TPSA) is 62.4 Å². The summed E-state index contributed by atoms with van der Waals surface area (Å²) in [5, 5.41) is 6.33. The molecule has 0 radical (unpaired) electrons. The van der Waals surface area contributed by atoms with E-state index in [1.807, 2.05) is 19.1 Å². The molecule has 1 aromatic rings. The van der Waals surface area contributed by atoms with E-state index in [0.29, 0.717) is 0 Å². The van der Waals surface area contributed by atoms with Crippen molar-refractivity contribution in [2.24, 2.45) is 4.99 Å². The highest BCUT2D eigenvalue weighted by atomic mass is 79.9. The van der Waals surface area contributed by atoms with E-state index in [1.165, 1.54) is 0 Å². The molecule has 0 saturated heterocycles. The molecule has 15 heavy (non-hydrogen) atoms. The number of nitrogens with zero attached hydrogens (tertiary/aromatic N) is 1. The average molecular weight is 269 g/mol. The Morgan fingerprint density at radius 2 is 2.33 bits per heavy atom. The molecule has 5 heteroatoms. The minimum Gasteiger partial charge on any atom is -0.398 e. The van der Waals surface area contributed by atoms with Gasteiger partial charge in [-0.1, -0.05) is 0 Å². The Kier molecular flexibility index (Phi) is 2.81. The fourth-order valence-electron chi connectivity index (χ4n) is 1.39. The highest BCUT2D eigenvalue weighted by Crippen LogP contribution is 2.27. The molecule has 1 aromatic carbocycles. The lowest BCUT2D eigenvalue weighted by Gasteiger charge is -2.11. The number of aliphatic imine (C=N–C) groups is 1. The summed E-state index contributed by atoms with van der Waals surface area (Å²) in [6.45, 7) is 3.69. The molecule has 4 nitrogen and oxygen atoms in total. The van der Waals surface area contributed by atoms with E-state index in [0.717, 1.165) is 40.5 Å². The van der Waals surface area contributed by atoms with Gasteiger partial charge in [0, 0.05) is 16.7 Å². The minimum atomic E-state index is 0.777. The number of nitrogen functional groups attached to an aromatic ring is 1. The Labute approximate surface area is 97.1 Å². The molecular formula is C10H13BrN4. The van der Waals surface area contributed by atoms with E-state index in [1.54, 1.807) is 0 Å². The molecule has 2 rings (SSSR count). The van der Waals surface area contributed by atoms with E-state index in [9.17, 15) is 0 Å². The van der Waals surface area contributed by atoms with Crippen LogP contribution in [0.15, 0.2) is 21.6 Å². The number of nitrogens with two attached hydrogens (primary N) is 1. The van der Waals surface area contributed by atoms with Crippen molar-refractivity contribution in [3.05, 3.63) is 22.2 Å². The number of rotatable bonds is 1. The average Bonchev–Trinajstić information content (AvgIpc) is 2.67. The van der Waals surface area contributed by atoms with Gasteiger partial charge in [-0.05, 0) is 40.5 Å². The van der Waals surface area contributed by atoms with E-state index in [-0.39, 0.29) is 0 Å². The smallest absolute Gasteiger partial charge is 0.195 e. The van der Waals surface area contributed by atoms with Crippen LogP contribution < -0.4 is 16.4 Å². The monoisotopic (exact) mass is 268 g/mol. The van der Waals surface area contributed by atoms with Crippen LogP contribution >= 0.6 is 15.9 Å². The molecule has 0 saturated carbocycles. The third kappa shape index (κ3) is 2.23. The van der Waals surface area contributed by atoms with Crippen molar-refractivity contribution < 1.29 is 0 Å². The third-order valence-electron chi connectivity index (χ3n) is 2.28. The number of hydrogen-bond donors (Lipinski definition) is 3. The molecule has 1 heterocycles. The van der Waals surface area contributed by atoms with Gasteiger partial charge < -0.3 is 16.4 Å². The number of guanidine groups is 1. The number of benzene rings is 1. The highest BCUT2D eigenvalue weighted by Gasteiger charge is 2.08. The molecule has 80 valence electrons. The normalized spacial score (nSPS) is 14.7. The molecule has 0 unspecified atom stereocenters. The molecule has 0 bridgehead atoms. The maximum Gasteiger partial charge on any atom is 0.195 e. The molecule has 1 aliphatic rings. The predicted octanol–water partition coefficient (Wildman–Crippen LogP) is 1.71. The van der Waals surface area contributed by atoms with Crippen molar-refractivity contribution >= 4 is 33.3 Å². The second-order valence-corrected chi connectivity index (χ2v) is 4.33. The van der Waals surface area contributed by atoms with Crippen LogP contribution in [-0.4, -0.2) is 19.0 Å². The van der Waals surface area contributed by atoms with Crippen LogP contribution in [0.2, 0.25) is 0 Å². The molecule has 0 atom stereocenters. The van der Waals surface area contributed by atoms with Crippen LogP contribution in [0.4, 0.5) is 11.4 Å². The Hall–Kier alpha value is -1.23.